The summed E-state index contributed by atoms with van der Waals surface area (Å²) >= 11 is 0. The predicted molar refractivity (Wildman–Crippen MR) is 91.3 cm³/mol. The minimum absolute atomic E-state index is 0.0146. The third-order valence-corrected chi connectivity index (χ3v) is 4.98. The zero-order valence-corrected chi connectivity index (χ0v) is 14.1. The van der Waals surface area contributed by atoms with Crippen molar-refractivity contribution < 1.29 is 22.9 Å². The molecule has 0 heterocycles. The molecule has 0 spiro atoms. The Hall–Kier alpha value is -3.00. The number of rotatable bonds is 6. The van der Waals surface area contributed by atoms with Crippen molar-refractivity contribution in [1.82, 2.24) is 0 Å². The molecule has 0 aliphatic rings. The molecule has 2 aromatic rings. The molecule has 130 valence electrons. The van der Waals surface area contributed by atoms with E-state index in [2.05, 4.69) is 0 Å². The average molecular weight is 361 g/mol. The van der Waals surface area contributed by atoms with Crippen molar-refractivity contribution in [2.75, 3.05) is 6.61 Å². The summed E-state index contributed by atoms with van der Waals surface area (Å²) in [6, 6.07) is 12.8. The number of sulfone groups is 1. The van der Waals surface area contributed by atoms with E-state index in [4.69, 9.17) is 4.74 Å². The lowest BCUT2D eigenvalue weighted by Gasteiger charge is -2.09. The minimum Gasteiger partial charge on any atom is -0.462 e. The molecule has 8 heteroatoms. The number of hydrogen-bond acceptors (Lipinski definition) is 6. The molecular weight excluding hydrogens is 346 g/mol. The smallest absolute Gasteiger partial charge is 0.350 e. The van der Waals surface area contributed by atoms with E-state index in [0.29, 0.717) is 5.56 Å². The highest BCUT2D eigenvalue weighted by molar-refractivity contribution is 7.96. The average Bonchev–Trinajstić information content (AvgIpc) is 2.60. The summed E-state index contributed by atoms with van der Waals surface area (Å²) in [6.07, 6.45) is 1.22. The summed E-state index contributed by atoms with van der Waals surface area (Å²) in [5, 5.41) is 10.7. The Morgan fingerprint density at radius 3 is 2.24 bits per heavy atom. The zero-order chi connectivity index (χ0) is 18.4. The Bertz CT molecular complexity index is 902. The molecular formula is C17H15NO6S. The van der Waals surface area contributed by atoms with Gasteiger partial charge in [0.05, 0.1) is 16.4 Å². The topological polar surface area (TPSA) is 104 Å². The Labute approximate surface area is 144 Å². The molecule has 0 N–H and O–H groups in total. The highest BCUT2D eigenvalue weighted by Crippen LogP contribution is 2.24. The molecule has 0 saturated carbocycles. The van der Waals surface area contributed by atoms with Gasteiger partial charge in [-0.1, -0.05) is 30.3 Å². The van der Waals surface area contributed by atoms with E-state index < -0.39 is 25.6 Å². The normalized spacial score (nSPS) is 11.8. The van der Waals surface area contributed by atoms with Crippen molar-refractivity contribution >= 4 is 27.6 Å². The van der Waals surface area contributed by atoms with Gasteiger partial charge in [0.1, 0.15) is 0 Å². The van der Waals surface area contributed by atoms with Gasteiger partial charge in [0.25, 0.3) is 5.69 Å². The maximum atomic E-state index is 12.8. The molecule has 2 rings (SSSR count). The van der Waals surface area contributed by atoms with Crippen molar-refractivity contribution in [2.24, 2.45) is 0 Å². The predicted octanol–water partition coefficient (Wildman–Crippen LogP) is 2.97. The van der Waals surface area contributed by atoms with E-state index in [1.165, 1.54) is 6.08 Å². The van der Waals surface area contributed by atoms with Crippen LogP contribution < -0.4 is 0 Å². The fourth-order valence-electron chi connectivity index (χ4n) is 2.02. The molecule has 0 atom stereocenters. The van der Waals surface area contributed by atoms with Crippen molar-refractivity contribution in [3.63, 3.8) is 0 Å². The van der Waals surface area contributed by atoms with Crippen molar-refractivity contribution in [3.8, 4) is 0 Å². The van der Waals surface area contributed by atoms with Gasteiger partial charge in [-0.05, 0) is 30.7 Å². The van der Waals surface area contributed by atoms with Gasteiger partial charge in [0.15, 0.2) is 4.91 Å². The van der Waals surface area contributed by atoms with Crippen LogP contribution in [0.1, 0.15) is 12.5 Å². The summed E-state index contributed by atoms with van der Waals surface area (Å²) in [5.41, 5.74) is 0.264. The van der Waals surface area contributed by atoms with Gasteiger partial charge in [0.2, 0.25) is 9.84 Å². The van der Waals surface area contributed by atoms with E-state index in [0.717, 1.165) is 24.3 Å². The van der Waals surface area contributed by atoms with Crippen LogP contribution in [0, 0.1) is 10.1 Å². The van der Waals surface area contributed by atoms with Crippen LogP contribution in [0.2, 0.25) is 0 Å². The second kappa shape index (κ2) is 7.71. The number of ether oxygens (including phenoxy) is 1. The van der Waals surface area contributed by atoms with Gasteiger partial charge < -0.3 is 4.74 Å². The Morgan fingerprint density at radius 1 is 1.12 bits per heavy atom. The summed E-state index contributed by atoms with van der Waals surface area (Å²) in [6.45, 7) is 1.58. The van der Waals surface area contributed by atoms with E-state index >= 15 is 0 Å². The maximum absolute atomic E-state index is 12.8. The lowest BCUT2D eigenvalue weighted by atomic mass is 10.2. The number of hydrogen-bond donors (Lipinski definition) is 0. The number of nitro groups is 1. The first kappa shape index (κ1) is 18.3. The maximum Gasteiger partial charge on any atom is 0.350 e. The highest BCUT2D eigenvalue weighted by atomic mass is 32.2. The number of nitrogens with zero attached hydrogens (tertiary/aromatic N) is 1. The summed E-state index contributed by atoms with van der Waals surface area (Å²) in [5.74, 6) is -0.982. The van der Waals surface area contributed by atoms with Crippen LogP contribution in [-0.2, 0) is 19.4 Å². The molecule has 0 saturated heterocycles. The lowest BCUT2D eigenvalue weighted by Crippen LogP contribution is -2.16. The molecule has 0 fully saturated rings. The number of nitro benzene ring substituents is 1. The third kappa shape index (κ3) is 4.30. The number of benzene rings is 2. The lowest BCUT2D eigenvalue weighted by molar-refractivity contribution is -0.384. The number of carbonyl (C=O) groups is 1. The molecule has 0 amide bonds. The fraction of sp³-hybridized carbons (Fsp3) is 0.118. The molecule has 25 heavy (non-hydrogen) atoms. The molecule has 0 aliphatic carbocycles. The van der Waals surface area contributed by atoms with Crippen molar-refractivity contribution in [3.05, 3.63) is 75.2 Å². The second-order valence-corrected chi connectivity index (χ2v) is 6.81. The van der Waals surface area contributed by atoms with Gasteiger partial charge in [-0.15, -0.1) is 0 Å². The third-order valence-electron chi connectivity index (χ3n) is 3.22. The Morgan fingerprint density at radius 2 is 1.72 bits per heavy atom. The number of esters is 1. The van der Waals surface area contributed by atoms with Gasteiger partial charge in [-0.2, -0.15) is 0 Å². The Balaban J connectivity index is 2.53. The van der Waals surface area contributed by atoms with Crippen LogP contribution in [0.3, 0.4) is 0 Å². The van der Waals surface area contributed by atoms with Crippen LogP contribution >= 0.6 is 0 Å². The Kier molecular flexibility index (Phi) is 5.66. The molecule has 0 aliphatic heterocycles. The number of non-ortho nitro benzene ring substituents is 1. The van der Waals surface area contributed by atoms with E-state index in [9.17, 15) is 23.3 Å². The zero-order valence-electron chi connectivity index (χ0n) is 13.3. The fourth-order valence-corrected chi connectivity index (χ4v) is 3.34. The van der Waals surface area contributed by atoms with Gasteiger partial charge in [0, 0.05) is 12.1 Å². The molecule has 0 aromatic heterocycles. The number of carbonyl (C=O) groups excluding carboxylic acids is 1. The summed E-state index contributed by atoms with van der Waals surface area (Å²) < 4.78 is 30.4. The van der Waals surface area contributed by atoms with Gasteiger partial charge in [-0.3, -0.25) is 10.1 Å². The molecule has 0 unspecified atom stereocenters. The first-order chi connectivity index (χ1) is 11.9. The van der Waals surface area contributed by atoms with E-state index in [-0.39, 0.29) is 17.2 Å². The molecule has 7 nitrogen and oxygen atoms in total. The quantitative estimate of drug-likeness (QED) is 0.339. The molecule has 0 radical (unpaired) electrons. The second-order valence-electron chi connectivity index (χ2n) is 4.89. The van der Waals surface area contributed by atoms with E-state index in [1.54, 1.807) is 37.3 Å². The summed E-state index contributed by atoms with van der Waals surface area (Å²) in [4.78, 5) is 21.5. The minimum atomic E-state index is -4.20. The van der Waals surface area contributed by atoms with Gasteiger partial charge in [-0.25, -0.2) is 13.2 Å². The van der Waals surface area contributed by atoms with Crippen LogP contribution in [0.4, 0.5) is 5.69 Å². The van der Waals surface area contributed by atoms with Crippen molar-refractivity contribution in [2.45, 2.75) is 11.8 Å². The van der Waals surface area contributed by atoms with Crippen LogP contribution in [0.15, 0.2) is 64.4 Å². The summed E-state index contributed by atoms with van der Waals surface area (Å²) in [7, 11) is -4.20. The van der Waals surface area contributed by atoms with Gasteiger partial charge >= 0.3 is 5.97 Å². The first-order valence-electron chi connectivity index (χ1n) is 7.29. The van der Waals surface area contributed by atoms with Crippen LogP contribution in [0.25, 0.3) is 6.08 Å². The molecule has 0 bridgehead atoms. The largest absolute Gasteiger partial charge is 0.462 e. The highest BCUT2D eigenvalue weighted by Gasteiger charge is 2.28. The van der Waals surface area contributed by atoms with Crippen LogP contribution in [0.5, 0.6) is 0 Å². The van der Waals surface area contributed by atoms with Crippen LogP contribution in [-0.4, -0.2) is 25.9 Å². The SMILES string of the molecule is CCOC(=O)/C(=C\c1ccccc1)S(=O)(=O)c1ccc([N+](=O)[O-])cc1. The van der Waals surface area contributed by atoms with Crippen molar-refractivity contribution in [1.29, 1.82) is 0 Å². The van der Waals surface area contributed by atoms with E-state index in [1.807, 2.05) is 0 Å². The standard InChI is InChI=1S/C17H15NO6S/c1-2-24-17(19)16(12-13-6-4-3-5-7-13)25(22,23)15-10-8-14(9-11-15)18(20)21/h3-12H,2H2,1H3/b16-12+. The molecule has 2 aromatic carbocycles. The first-order valence-corrected chi connectivity index (χ1v) is 8.78. The monoisotopic (exact) mass is 361 g/mol.